The third-order valence-corrected chi connectivity index (χ3v) is 4.21. The monoisotopic (exact) mass is 347 g/mol. The fourth-order valence-corrected chi connectivity index (χ4v) is 2.90. The molecule has 0 amide bonds. The van der Waals surface area contributed by atoms with Crippen LogP contribution in [0.3, 0.4) is 0 Å². The van der Waals surface area contributed by atoms with Gasteiger partial charge in [0.1, 0.15) is 0 Å². The molecule has 2 aromatic carbocycles. The van der Waals surface area contributed by atoms with Crippen molar-refractivity contribution in [2.24, 2.45) is 0 Å². The molecule has 4 heteroatoms. The van der Waals surface area contributed by atoms with Crippen molar-refractivity contribution in [1.29, 1.82) is 0 Å². The average molecular weight is 348 g/mol. The number of nitrogens with one attached hydrogen (secondary N) is 1. The molecular weight excluding hydrogens is 330 g/mol. The van der Waals surface area contributed by atoms with E-state index in [1.807, 2.05) is 12.1 Å². The van der Waals surface area contributed by atoms with Crippen molar-refractivity contribution in [3.05, 3.63) is 52.0 Å². The summed E-state index contributed by atoms with van der Waals surface area (Å²) in [6.45, 7) is 4.63. The predicted molar refractivity (Wildman–Crippen MR) is 88.1 cm³/mol. The van der Waals surface area contributed by atoms with Crippen LogP contribution in [0.2, 0.25) is 0 Å². The van der Waals surface area contributed by atoms with Crippen LogP contribution in [0.25, 0.3) is 0 Å². The molecule has 1 aliphatic heterocycles. The highest BCUT2D eigenvalue weighted by atomic mass is 79.9. The molecule has 0 saturated heterocycles. The Kier molecular flexibility index (Phi) is 4.06. The first-order valence-electron chi connectivity index (χ1n) is 7.12. The molecule has 0 bridgehead atoms. The van der Waals surface area contributed by atoms with Gasteiger partial charge < -0.3 is 14.8 Å². The van der Waals surface area contributed by atoms with Gasteiger partial charge in [0, 0.05) is 16.2 Å². The lowest BCUT2D eigenvalue weighted by atomic mass is 10.1. The standard InChI is InChI=1S/C17H18BrNO2/c1-3-12-8-14(18)5-6-15(12)19-11(2)13-4-7-16-17(9-13)21-10-20-16/h4-9,11,19H,3,10H2,1-2H3. The van der Waals surface area contributed by atoms with Crippen LogP contribution in [0.1, 0.15) is 31.0 Å². The van der Waals surface area contributed by atoms with Crippen molar-refractivity contribution in [3.63, 3.8) is 0 Å². The summed E-state index contributed by atoms with van der Waals surface area (Å²) in [6, 6.07) is 12.6. The molecule has 2 aromatic rings. The zero-order valence-corrected chi connectivity index (χ0v) is 13.7. The maximum Gasteiger partial charge on any atom is 0.231 e. The smallest absolute Gasteiger partial charge is 0.231 e. The van der Waals surface area contributed by atoms with E-state index in [9.17, 15) is 0 Å². The molecule has 0 aliphatic carbocycles. The topological polar surface area (TPSA) is 30.5 Å². The third-order valence-electron chi connectivity index (χ3n) is 3.72. The normalized spacial score (nSPS) is 14.0. The molecule has 3 rings (SSSR count). The van der Waals surface area contributed by atoms with Crippen LogP contribution in [0.5, 0.6) is 11.5 Å². The van der Waals surface area contributed by atoms with Crippen LogP contribution in [-0.4, -0.2) is 6.79 Å². The molecule has 1 heterocycles. The molecule has 1 unspecified atom stereocenters. The number of anilines is 1. The number of fused-ring (bicyclic) bond motifs is 1. The Balaban J connectivity index is 1.81. The Morgan fingerprint density at radius 1 is 1.14 bits per heavy atom. The molecule has 110 valence electrons. The minimum atomic E-state index is 0.200. The van der Waals surface area contributed by atoms with Gasteiger partial charge in [-0.25, -0.2) is 0 Å². The Hall–Kier alpha value is -1.68. The molecule has 0 saturated carbocycles. The van der Waals surface area contributed by atoms with E-state index in [-0.39, 0.29) is 6.04 Å². The first-order chi connectivity index (χ1) is 10.2. The van der Waals surface area contributed by atoms with Gasteiger partial charge in [0.15, 0.2) is 11.5 Å². The van der Waals surface area contributed by atoms with Gasteiger partial charge in [-0.1, -0.05) is 28.9 Å². The highest BCUT2D eigenvalue weighted by molar-refractivity contribution is 9.10. The van der Waals surface area contributed by atoms with Gasteiger partial charge in [0.2, 0.25) is 6.79 Å². The molecule has 0 radical (unpaired) electrons. The van der Waals surface area contributed by atoms with Gasteiger partial charge in [-0.15, -0.1) is 0 Å². The fraction of sp³-hybridized carbons (Fsp3) is 0.294. The van der Waals surface area contributed by atoms with Gasteiger partial charge >= 0.3 is 0 Å². The summed E-state index contributed by atoms with van der Waals surface area (Å²) in [7, 11) is 0. The minimum absolute atomic E-state index is 0.200. The Morgan fingerprint density at radius 2 is 1.95 bits per heavy atom. The zero-order valence-electron chi connectivity index (χ0n) is 12.2. The van der Waals surface area contributed by atoms with Gasteiger partial charge in [-0.05, 0) is 54.8 Å². The SMILES string of the molecule is CCc1cc(Br)ccc1NC(C)c1ccc2c(c1)OCO2. The van der Waals surface area contributed by atoms with Crippen LogP contribution >= 0.6 is 15.9 Å². The number of ether oxygens (including phenoxy) is 2. The summed E-state index contributed by atoms with van der Waals surface area (Å²) in [4.78, 5) is 0. The molecule has 0 aromatic heterocycles. The number of halogens is 1. The Bertz CT molecular complexity index is 657. The summed E-state index contributed by atoms with van der Waals surface area (Å²) >= 11 is 3.52. The van der Waals surface area contributed by atoms with Crippen molar-refractivity contribution in [2.45, 2.75) is 26.3 Å². The van der Waals surface area contributed by atoms with Crippen LogP contribution in [0.4, 0.5) is 5.69 Å². The van der Waals surface area contributed by atoms with Crippen LogP contribution < -0.4 is 14.8 Å². The lowest BCUT2D eigenvalue weighted by molar-refractivity contribution is 0.174. The largest absolute Gasteiger partial charge is 0.454 e. The second kappa shape index (κ2) is 5.98. The highest BCUT2D eigenvalue weighted by Crippen LogP contribution is 2.35. The molecule has 0 spiro atoms. The van der Waals surface area contributed by atoms with E-state index in [1.165, 1.54) is 16.8 Å². The van der Waals surface area contributed by atoms with Crippen molar-refractivity contribution in [1.82, 2.24) is 0 Å². The van der Waals surface area contributed by atoms with E-state index in [0.29, 0.717) is 6.79 Å². The lowest BCUT2D eigenvalue weighted by Crippen LogP contribution is -2.08. The first kappa shape index (κ1) is 14.3. The number of hydrogen-bond donors (Lipinski definition) is 1. The Labute approximate surface area is 133 Å². The lowest BCUT2D eigenvalue weighted by Gasteiger charge is -2.18. The number of rotatable bonds is 4. The van der Waals surface area contributed by atoms with E-state index in [0.717, 1.165) is 22.4 Å². The second-order valence-electron chi connectivity index (χ2n) is 5.13. The molecule has 1 atom stereocenters. The van der Waals surface area contributed by atoms with Gasteiger partial charge in [0.25, 0.3) is 0 Å². The molecule has 3 nitrogen and oxygen atoms in total. The Morgan fingerprint density at radius 3 is 2.76 bits per heavy atom. The molecule has 0 fully saturated rings. The van der Waals surface area contributed by atoms with Crippen LogP contribution in [0.15, 0.2) is 40.9 Å². The number of aryl methyl sites for hydroxylation is 1. The number of hydrogen-bond acceptors (Lipinski definition) is 3. The summed E-state index contributed by atoms with van der Waals surface area (Å²) < 4.78 is 11.9. The van der Waals surface area contributed by atoms with Gasteiger partial charge in [-0.2, -0.15) is 0 Å². The van der Waals surface area contributed by atoms with Gasteiger partial charge in [0.05, 0.1) is 0 Å². The fourth-order valence-electron chi connectivity index (χ4n) is 2.49. The van der Waals surface area contributed by atoms with E-state index in [4.69, 9.17) is 9.47 Å². The number of benzene rings is 2. The van der Waals surface area contributed by atoms with Crippen molar-refractivity contribution in [2.75, 3.05) is 12.1 Å². The summed E-state index contributed by atoms with van der Waals surface area (Å²) in [5, 5.41) is 3.58. The van der Waals surface area contributed by atoms with Crippen molar-refractivity contribution in [3.8, 4) is 11.5 Å². The molecular formula is C17H18BrNO2. The van der Waals surface area contributed by atoms with Gasteiger partial charge in [-0.3, -0.25) is 0 Å². The molecule has 1 aliphatic rings. The van der Waals surface area contributed by atoms with E-state index >= 15 is 0 Å². The average Bonchev–Trinajstić information content (AvgIpc) is 2.96. The van der Waals surface area contributed by atoms with E-state index < -0.39 is 0 Å². The maximum atomic E-state index is 5.44. The van der Waals surface area contributed by atoms with Crippen LogP contribution in [-0.2, 0) is 6.42 Å². The first-order valence-corrected chi connectivity index (χ1v) is 7.91. The molecule has 1 N–H and O–H groups in total. The van der Waals surface area contributed by atoms with Crippen molar-refractivity contribution >= 4 is 21.6 Å². The predicted octanol–water partition coefficient (Wildman–Crippen LogP) is 4.91. The van der Waals surface area contributed by atoms with Crippen molar-refractivity contribution < 1.29 is 9.47 Å². The quantitative estimate of drug-likeness (QED) is 0.851. The third kappa shape index (κ3) is 3.00. The highest BCUT2D eigenvalue weighted by Gasteiger charge is 2.16. The van der Waals surface area contributed by atoms with E-state index in [1.54, 1.807) is 0 Å². The zero-order chi connectivity index (χ0) is 14.8. The maximum absolute atomic E-state index is 5.44. The van der Waals surface area contributed by atoms with E-state index in [2.05, 4.69) is 59.4 Å². The summed E-state index contributed by atoms with van der Waals surface area (Å²) in [5.74, 6) is 1.65. The second-order valence-corrected chi connectivity index (χ2v) is 6.05. The summed E-state index contributed by atoms with van der Waals surface area (Å²) in [5.41, 5.74) is 3.66. The molecule has 21 heavy (non-hydrogen) atoms. The summed E-state index contributed by atoms with van der Waals surface area (Å²) in [6.07, 6.45) is 0.996. The van der Waals surface area contributed by atoms with Crippen LogP contribution in [0, 0.1) is 0 Å². The minimum Gasteiger partial charge on any atom is -0.454 e.